The van der Waals surface area contributed by atoms with Crippen molar-refractivity contribution in [2.24, 2.45) is 10.9 Å². The van der Waals surface area contributed by atoms with Gasteiger partial charge in [0.25, 0.3) is 0 Å². The number of amides is 3. The molecule has 46 heavy (non-hydrogen) atoms. The molecule has 0 saturated heterocycles. The number of imide groups is 1. The SMILES string of the molecule is CCCC(=O)C(=O)[C@H](CC1CCCCC1)N[C@H](C)CC1=C[N+](C(=O)NC(=O)OC(C)(OC)OC)(S(=O)(=O)c2ccc(C)cc2)C=N1. The van der Waals surface area contributed by atoms with E-state index in [0.717, 1.165) is 50.2 Å². The Balaban J connectivity index is 1.89. The number of methoxy groups -OCH3 is 2. The molecule has 3 rings (SSSR count). The minimum Gasteiger partial charge on any atom is -0.391 e. The number of nitrogens with zero attached hydrogens (tertiary/aromatic N) is 2. The van der Waals surface area contributed by atoms with E-state index in [0.29, 0.717) is 18.8 Å². The largest absolute Gasteiger partial charge is 0.452 e. The first-order chi connectivity index (χ1) is 21.7. The summed E-state index contributed by atoms with van der Waals surface area (Å²) in [6, 6.07) is 3.53. The van der Waals surface area contributed by atoms with Crippen molar-refractivity contribution >= 4 is 40.1 Å². The predicted octanol–water partition coefficient (Wildman–Crippen LogP) is 4.84. The average Bonchev–Trinajstić information content (AvgIpc) is 3.46. The highest BCUT2D eigenvalue weighted by molar-refractivity contribution is 7.86. The van der Waals surface area contributed by atoms with Crippen LogP contribution in [0.3, 0.4) is 0 Å². The van der Waals surface area contributed by atoms with Gasteiger partial charge < -0.3 is 19.5 Å². The first kappa shape index (κ1) is 37.2. The molecule has 13 nitrogen and oxygen atoms in total. The van der Waals surface area contributed by atoms with Crippen LogP contribution in [0.15, 0.2) is 46.1 Å². The number of quaternary nitrogens is 1. The number of hydrogen-bond acceptors (Lipinski definition) is 11. The standard InChI is InChI=1S/C32H46N4O9S/c1-7-11-28(37)29(38)27(19-24-12-9-8-10-13-24)34-23(3)18-25-20-36(21-33-25,46(41,42)26-16-14-22(2)15-17-26)30(39)35-31(40)45-32(4,43-5)44-6/h14-17,20-21,23-24,27,34H,7-13,18-19H2,1-6H3/p+1/t23-,27+,36?/m1/s1. The Hall–Kier alpha value is -3.30. The second kappa shape index (κ2) is 16.0. The van der Waals surface area contributed by atoms with E-state index in [9.17, 15) is 27.6 Å². The predicted molar refractivity (Wildman–Crippen MR) is 170 cm³/mol. The average molecular weight is 664 g/mol. The third kappa shape index (κ3) is 8.94. The van der Waals surface area contributed by atoms with Crippen LogP contribution < -0.4 is 10.6 Å². The lowest BCUT2D eigenvalue weighted by molar-refractivity contribution is -0.541. The second-order valence-electron chi connectivity index (χ2n) is 12.1. The van der Waals surface area contributed by atoms with Crippen molar-refractivity contribution < 1.29 is 45.7 Å². The molecule has 1 heterocycles. The zero-order valence-corrected chi connectivity index (χ0v) is 28.4. The van der Waals surface area contributed by atoms with Gasteiger partial charge in [0.2, 0.25) is 12.1 Å². The molecule has 3 amide bonds. The van der Waals surface area contributed by atoms with Gasteiger partial charge in [0.1, 0.15) is 16.8 Å². The summed E-state index contributed by atoms with van der Waals surface area (Å²) in [6.07, 6.45) is 7.51. The van der Waals surface area contributed by atoms with E-state index in [1.54, 1.807) is 26.0 Å². The molecule has 254 valence electrons. The second-order valence-corrected chi connectivity index (χ2v) is 14.1. The summed E-state index contributed by atoms with van der Waals surface area (Å²) in [6.45, 7) is 6.73. The molecule has 1 unspecified atom stereocenters. The number of carbonyl (C=O) groups excluding carboxylic acids is 4. The molecule has 2 N–H and O–H groups in total. The highest BCUT2D eigenvalue weighted by Crippen LogP contribution is 2.32. The van der Waals surface area contributed by atoms with Crippen LogP contribution in [0.25, 0.3) is 0 Å². The molecule has 0 aromatic heterocycles. The molecule has 3 atom stereocenters. The van der Waals surface area contributed by atoms with Gasteiger partial charge in [-0.3, -0.25) is 9.59 Å². The van der Waals surface area contributed by atoms with Crippen molar-refractivity contribution in [1.29, 1.82) is 0 Å². The Morgan fingerprint density at radius 2 is 1.70 bits per heavy atom. The number of Topliss-reactive ketones (excluding diaryl/α,β-unsaturated/α-hetero) is 2. The Kier molecular flexibility index (Phi) is 12.9. The van der Waals surface area contributed by atoms with Gasteiger partial charge in [0, 0.05) is 40.0 Å². The van der Waals surface area contributed by atoms with Gasteiger partial charge in [-0.2, -0.15) is 8.42 Å². The lowest BCUT2D eigenvalue weighted by Crippen LogP contribution is -2.57. The normalized spacial score (nSPS) is 20.1. The Morgan fingerprint density at radius 1 is 1.07 bits per heavy atom. The topological polar surface area (TPSA) is 167 Å². The lowest BCUT2D eigenvalue weighted by Gasteiger charge is -2.28. The number of benzene rings is 1. The molecular formula is C32H47N4O9S+. The van der Waals surface area contributed by atoms with E-state index in [1.165, 1.54) is 33.3 Å². The van der Waals surface area contributed by atoms with Gasteiger partial charge in [-0.25, -0.2) is 19.9 Å². The van der Waals surface area contributed by atoms with Crippen LogP contribution in [0.2, 0.25) is 0 Å². The van der Waals surface area contributed by atoms with Crippen molar-refractivity contribution in [2.45, 2.75) is 108 Å². The maximum absolute atomic E-state index is 14.0. The number of aliphatic imine (C=N–C) groups is 1. The Morgan fingerprint density at radius 3 is 2.28 bits per heavy atom. The third-order valence-corrected chi connectivity index (χ3v) is 10.4. The molecule has 0 radical (unpaired) electrons. The molecule has 1 aliphatic heterocycles. The Labute approximate surface area is 271 Å². The molecule has 0 spiro atoms. The number of alkyl carbamates (subject to hydrolysis) is 1. The molecule has 1 saturated carbocycles. The summed E-state index contributed by atoms with van der Waals surface area (Å²) in [5.74, 6) is -2.38. The van der Waals surface area contributed by atoms with Gasteiger partial charge in [0.05, 0.1) is 6.04 Å². The molecule has 1 aliphatic carbocycles. The van der Waals surface area contributed by atoms with E-state index >= 15 is 0 Å². The van der Waals surface area contributed by atoms with Crippen molar-refractivity contribution in [2.75, 3.05) is 14.2 Å². The molecule has 2 aliphatic rings. The number of nitrogens with one attached hydrogen (secondary N) is 2. The number of ketones is 2. The number of hydrogen-bond donors (Lipinski definition) is 2. The Bertz CT molecular complexity index is 1430. The summed E-state index contributed by atoms with van der Waals surface area (Å²) in [4.78, 5) is 56.2. The van der Waals surface area contributed by atoms with E-state index in [1.807, 2.05) is 12.2 Å². The lowest BCUT2D eigenvalue weighted by atomic mass is 9.83. The first-order valence-electron chi connectivity index (χ1n) is 15.7. The van der Waals surface area contributed by atoms with Crippen molar-refractivity contribution in [1.82, 2.24) is 10.6 Å². The van der Waals surface area contributed by atoms with Gasteiger partial charge in [0.15, 0.2) is 5.78 Å². The van der Waals surface area contributed by atoms with Crippen LogP contribution in [-0.2, 0) is 33.8 Å². The van der Waals surface area contributed by atoms with Crippen LogP contribution in [0.5, 0.6) is 0 Å². The fourth-order valence-electron chi connectivity index (χ4n) is 5.59. The molecule has 1 aromatic rings. The van der Waals surface area contributed by atoms with E-state index in [-0.39, 0.29) is 23.4 Å². The van der Waals surface area contributed by atoms with Crippen molar-refractivity contribution in [3.8, 4) is 0 Å². The van der Waals surface area contributed by atoms with E-state index in [4.69, 9.17) is 14.2 Å². The number of rotatable bonds is 15. The van der Waals surface area contributed by atoms with Gasteiger partial charge >= 0.3 is 28.1 Å². The maximum atomic E-state index is 14.0. The fourth-order valence-corrected chi connectivity index (χ4v) is 7.12. The first-order valence-corrected chi connectivity index (χ1v) is 17.1. The van der Waals surface area contributed by atoms with Gasteiger partial charge in [-0.05, 0) is 44.7 Å². The number of sulfonamides is 1. The van der Waals surface area contributed by atoms with E-state index < -0.39 is 55.7 Å². The van der Waals surface area contributed by atoms with E-state index in [2.05, 4.69) is 10.3 Å². The minimum atomic E-state index is -4.55. The highest BCUT2D eigenvalue weighted by Gasteiger charge is 2.53. The highest BCUT2D eigenvalue weighted by atomic mass is 32.2. The van der Waals surface area contributed by atoms with Crippen LogP contribution in [0.4, 0.5) is 9.59 Å². The number of ether oxygens (including phenoxy) is 3. The zero-order valence-electron chi connectivity index (χ0n) is 27.5. The minimum absolute atomic E-state index is 0.124. The maximum Gasteiger partial charge on any atom is 0.452 e. The third-order valence-electron chi connectivity index (χ3n) is 8.36. The monoisotopic (exact) mass is 663 g/mol. The summed E-state index contributed by atoms with van der Waals surface area (Å²) in [7, 11) is -2.11. The van der Waals surface area contributed by atoms with Crippen molar-refractivity contribution in [3.63, 3.8) is 0 Å². The van der Waals surface area contributed by atoms with Crippen molar-refractivity contribution in [3.05, 3.63) is 41.7 Å². The van der Waals surface area contributed by atoms with Gasteiger partial charge in [-0.1, -0.05) is 60.6 Å². The molecule has 0 bridgehead atoms. The quantitative estimate of drug-likeness (QED) is 0.151. The zero-order chi connectivity index (χ0) is 34.1. The summed E-state index contributed by atoms with van der Waals surface area (Å²) >= 11 is 0. The van der Waals surface area contributed by atoms with Crippen LogP contribution >= 0.6 is 0 Å². The fraction of sp³-hybridized carbons (Fsp3) is 0.594. The number of carbonyl (C=O) groups is 4. The molecule has 1 aromatic carbocycles. The van der Waals surface area contributed by atoms with Gasteiger partial charge in [-0.15, -0.1) is 0 Å². The molecule has 1 fully saturated rings. The van der Waals surface area contributed by atoms with Crippen LogP contribution in [-0.4, -0.2) is 74.6 Å². The van der Waals surface area contributed by atoms with Crippen LogP contribution in [0, 0.1) is 12.8 Å². The smallest absolute Gasteiger partial charge is 0.391 e. The molecular weight excluding hydrogens is 616 g/mol. The summed E-state index contributed by atoms with van der Waals surface area (Å²) < 4.78 is 41.6. The number of aryl methyl sites for hydroxylation is 1. The summed E-state index contributed by atoms with van der Waals surface area (Å²) in [5, 5.41) is 5.25. The number of urea groups is 1. The molecule has 14 heteroatoms. The summed E-state index contributed by atoms with van der Waals surface area (Å²) in [5.41, 5.74) is 1.03. The van der Waals surface area contributed by atoms with Crippen LogP contribution in [0.1, 0.15) is 84.1 Å².